The van der Waals surface area contributed by atoms with Crippen molar-refractivity contribution < 1.29 is 38.4 Å². The molecule has 0 saturated carbocycles. The third kappa shape index (κ3) is 6.08. The molecule has 1 aliphatic rings. The maximum atomic E-state index is 12.4. The Kier molecular flexibility index (Phi) is 8.65. The van der Waals surface area contributed by atoms with E-state index in [4.69, 9.17) is 14.2 Å². The van der Waals surface area contributed by atoms with Crippen LogP contribution in [-0.4, -0.2) is 37.2 Å². The van der Waals surface area contributed by atoms with Crippen molar-refractivity contribution in [3.05, 3.63) is 74.9 Å². The number of benzene rings is 2. The fraction of sp³-hybridized carbons (Fsp3) is 0.370. The number of cyclic esters (lactones) is 1. The Balaban J connectivity index is 1.92. The van der Waals surface area contributed by atoms with Crippen LogP contribution in [0.3, 0.4) is 0 Å². The third-order valence-electron chi connectivity index (χ3n) is 6.17. The molecule has 0 amide bonds. The second-order valence-corrected chi connectivity index (χ2v) is 8.36. The molecule has 0 fully saturated rings. The van der Waals surface area contributed by atoms with Gasteiger partial charge >= 0.3 is 17.9 Å². The lowest BCUT2D eigenvalue weighted by atomic mass is 9.86. The van der Waals surface area contributed by atoms with Crippen LogP contribution in [0.5, 0.6) is 5.75 Å². The molecule has 1 heterocycles. The fourth-order valence-corrected chi connectivity index (χ4v) is 4.09. The molecule has 0 bridgehead atoms. The van der Waals surface area contributed by atoms with Gasteiger partial charge in [0, 0.05) is 12.0 Å². The highest BCUT2D eigenvalue weighted by Gasteiger charge is 2.34. The van der Waals surface area contributed by atoms with E-state index < -0.39 is 11.9 Å². The van der Waals surface area contributed by atoms with Crippen LogP contribution >= 0.6 is 0 Å². The van der Waals surface area contributed by atoms with Crippen molar-refractivity contribution in [2.24, 2.45) is 0 Å². The number of carboxylic acids is 1. The number of aromatic carboxylic acids is 1. The summed E-state index contributed by atoms with van der Waals surface area (Å²) < 4.78 is 21.0. The van der Waals surface area contributed by atoms with Gasteiger partial charge in [0.25, 0.3) is 0 Å². The van der Waals surface area contributed by atoms with Gasteiger partial charge in [0.1, 0.15) is 12.4 Å². The number of fused-ring (bicyclic) bond motifs is 1. The molecule has 0 atom stereocenters. The SMILES string of the molecule is COC(=O)CCC(C)=CCc1c(COCc2ccc(OC)cc2)c(C)c2c(c1C(=O)O)C(=O)OC2. The molecular formula is C27H30O8. The molecule has 0 aromatic heterocycles. The van der Waals surface area contributed by atoms with Crippen molar-refractivity contribution in [2.75, 3.05) is 14.2 Å². The lowest BCUT2D eigenvalue weighted by Gasteiger charge is -2.19. The number of carboxylic acid groups (broad SMARTS) is 1. The molecule has 35 heavy (non-hydrogen) atoms. The molecule has 1 N–H and O–H groups in total. The quantitative estimate of drug-likeness (QED) is 0.368. The van der Waals surface area contributed by atoms with Crippen LogP contribution < -0.4 is 4.74 Å². The number of hydrogen-bond donors (Lipinski definition) is 1. The number of rotatable bonds is 11. The van der Waals surface area contributed by atoms with Crippen molar-refractivity contribution in [2.45, 2.75) is 52.9 Å². The first kappa shape index (κ1) is 26.0. The van der Waals surface area contributed by atoms with E-state index in [1.54, 1.807) is 7.11 Å². The van der Waals surface area contributed by atoms with Gasteiger partial charge in [-0.3, -0.25) is 4.79 Å². The predicted octanol–water partition coefficient (Wildman–Crippen LogP) is 4.53. The summed E-state index contributed by atoms with van der Waals surface area (Å²) in [5.41, 5.74) is 4.55. The summed E-state index contributed by atoms with van der Waals surface area (Å²) in [5.74, 6) is -1.38. The van der Waals surface area contributed by atoms with Crippen LogP contribution in [0.1, 0.15) is 68.3 Å². The Morgan fingerprint density at radius 1 is 1.09 bits per heavy atom. The number of allylic oxidation sites excluding steroid dienone is 2. The first-order valence-electron chi connectivity index (χ1n) is 11.3. The summed E-state index contributed by atoms with van der Waals surface area (Å²) in [6, 6.07) is 7.49. The minimum atomic E-state index is -1.19. The van der Waals surface area contributed by atoms with Crippen LogP contribution in [-0.2, 0) is 45.2 Å². The molecule has 8 nitrogen and oxygen atoms in total. The number of carbonyl (C=O) groups is 3. The van der Waals surface area contributed by atoms with Gasteiger partial charge in [-0.25, -0.2) is 9.59 Å². The van der Waals surface area contributed by atoms with Crippen molar-refractivity contribution >= 4 is 17.9 Å². The van der Waals surface area contributed by atoms with E-state index >= 15 is 0 Å². The normalized spacial score (nSPS) is 12.8. The molecule has 0 unspecified atom stereocenters. The van der Waals surface area contributed by atoms with E-state index in [-0.39, 0.29) is 43.2 Å². The van der Waals surface area contributed by atoms with E-state index in [9.17, 15) is 19.5 Å². The molecule has 8 heteroatoms. The van der Waals surface area contributed by atoms with Crippen LogP contribution in [0.4, 0.5) is 0 Å². The molecule has 0 radical (unpaired) electrons. The molecule has 1 aliphatic heterocycles. The summed E-state index contributed by atoms with van der Waals surface area (Å²) in [6.07, 6.45) is 2.88. The predicted molar refractivity (Wildman–Crippen MR) is 127 cm³/mol. The maximum absolute atomic E-state index is 12.4. The summed E-state index contributed by atoms with van der Waals surface area (Å²) in [5, 5.41) is 10.0. The van der Waals surface area contributed by atoms with Crippen molar-refractivity contribution in [3.8, 4) is 5.75 Å². The minimum Gasteiger partial charge on any atom is -0.497 e. The van der Waals surface area contributed by atoms with Crippen molar-refractivity contribution in [1.29, 1.82) is 0 Å². The Labute approximate surface area is 204 Å². The van der Waals surface area contributed by atoms with Crippen LogP contribution in [0, 0.1) is 6.92 Å². The highest BCUT2D eigenvalue weighted by atomic mass is 16.5. The Morgan fingerprint density at radius 3 is 2.43 bits per heavy atom. The fourth-order valence-electron chi connectivity index (χ4n) is 4.09. The number of esters is 2. The van der Waals surface area contributed by atoms with Crippen molar-refractivity contribution in [1.82, 2.24) is 0 Å². The van der Waals surface area contributed by atoms with Gasteiger partial charge in [0.05, 0.1) is 38.6 Å². The smallest absolute Gasteiger partial charge is 0.339 e. The molecule has 2 aromatic carbocycles. The summed E-state index contributed by atoms with van der Waals surface area (Å²) in [6.45, 7) is 4.27. The molecule has 2 aromatic rings. The molecule has 186 valence electrons. The molecule has 0 saturated heterocycles. The topological polar surface area (TPSA) is 108 Å². The third-order valence-corrected chi connectivity index (χ3v) is 6.17. The van der Waals surface area contributed by atoms with E-state index in [0.29, 0.717) is 24.2 Å². The number of ether oxygens (including phenoxy) is 4. The Morgan fingerprint density at radius 2 is 1.80 bits per heavy atom. The van der Waals surface area contributed by atoms with Gasteiger partial charge < -0.3 is 24.1 Å². The monoisotopic (exact) mass is 482 g/mol. The van der Waals surface area contributed by atoms with Gasteiger partial charge in [-0.15, -0.1) is 0 Å². The lowest BCUT2D eigenvalue weighted by molar-refractivity contribution is -0.140. The van der Waals surface area contributed by atoms with E-state index in [1.807, 2.05) is 44.2 Å². The average Bonchev–Trinajstić information content (AvgIpc) is 3.24. The van der Waals surface area contributed by atoms with Crippen LogP contribution in [0.15, 0.2) is 35.9 Å². The average molecular weight is 483 g/mol. The van der Waals surface area contributed by atoms with Crippen molar-refractivity contribution in [3.63, 3.8) is 0 Å². The maximum Gasteiger partial charge on any atom is 0.339 e. The molecule has 0 spiro atoms. The summed E-state index contributed by atoms with van der Waals surface area (Å²) in [4.78, 5) is 36.2. The minimum absolute atomic E-state index is 0.0417. The van der Waals surface area contributed by atoms with Crippen LogP contribution in [0.2, 0.25) is 0 Å². The van der Waals surface area contributed by atoms with Gasteiger partial charge in [-0.2, -0.15) is 0 Å². The zero-order valence-electron chi connectivity index (χ0n) is 20.4. The first-order valence-corrected chi connectivity index (χ1v) is 11.3. The lowest BCUT2D eigenvalue weighted by Crippen LogP contribution is -2.15. The van der Waals surface area contributed by atoms with Gasteiger partial charge in [-0.1, -0.05) is 23.8 Å². The highest BCUT2D eigenvalue weighted by molar-refractivity contribution is 6.06. The largest absolute Gasteiger partial charge is 0.497 e. The zero-order valence-corrected chi connectivity index (χ0v) is 20.4. The first-order chi connectivity index (χ1) is 16.8. The summed E-state index contributed by atoms with van der Waals surface area (Å²) >= 11 is 0. The van der Waals surface area contributed by atoms with Crippen LogP contribution in [0.25, 0.3) is 0 Å². The van der Waals surface area contributed by atoms with E-state index in [1.165, 1.54) is 7.11 Å². The van der Waals surface area contributed by atoms with Gasteiger partial charge in [0.2, 0.25) is 0 Å². The standard InChI is InChI=1S/C27H30O8/c1-16(6-12-23(28)33-4)5-11-20-21(14-34-13-18-7-9-19(32-3)10-8-18)17(2)22-15-35-27(31)25(22)24(20)26(29)30/h5,7-10H,6,11-15H2,1-4H3,(H,29,30). The van der Waals surface area contributed by atoms with E-state index in [0.717, 1.165) is 28.0 Å². The van der Waals surface area contributed by atoms with E-state index in [2.05, 4.69) is 4.74 Å². The number of carbonyl (C=O) groups excluding carboxylic acids is 2. The highest BCUT2D eigenvalue weighted by Crippen LogP contribution is 2.34. The Hall–Kier alpha value is -3.65. The molecular weight excluding hydrogens is 452 g/mol. The summed E-state index contributed by atoms with van der Waals surface area (Å²) in [7, 11) is 2.94. The number of hydrogen-bond acceptors (Lipinski definition) is 7. The number of methoxy groups -OCH3 is 2. The second kappa shape index (κ2) is 11.7. The molecule has 3 rings (SSSR count). The van der Waals surface area contributed by atoms with Gasteiger partial charge in [-0.05, 0) is 61.1 Å². The Bertz CT molecular complexity index is 1150. The van der Waals surface area contributed by atoms with Gasteiger partial charge in [0.15, 0.2) is 0 Å². The zero-order chi connectivity index (χ0) is 25.5. The molecule has 0 aliphatic carbocycles. The second-order valence-electron chi connectivity index (χ2n) is 8.36.